The van der Waals surface area contributed by atoms with Crippen molar-refractivity contribution >= 4 is 16.0 Å². The third-order valence-corrected chi connectivity index (χ3v) is 6.58. The molecular formula is C21H29N3O4S. The Labute approximate surface area is 173 Å². The minimum Gasteiger partial charge on any atom is -0.497 e. The molecule has 1 fully saturated rings. The molecule has 1 aromatic carbocycles. The molecule has 1 aliphatic heterocycles. The fourth-order valence-corrected chi connectivity index (χ4v) is 4.55. The average molecular weight is 420 g/mol. The largest absolute Gasteiger partial charge is 0.497 e. The van der Waals surface area contributed by atoms with E-state index in [0.717, 1.165) is 36.3 Å². The van der Waals surface area contributed by atoms with Gasteiger partial charge in [0.1, 0.15) is 11.6 Å². The fourth-order valence-electron chi connectivity index (χ4n) is 3.35. The topological polar surface area (TPSA) is 80.8 Å². The third-order valence-electron chi connectivity index (χ3n) is 5.07. The SMILES string of the molecule is CCc1cccc(NS(=O)(=O)N2CCC(COCc3cccc(OC)c3)CC2)n1. The van der Waals surface area contributed by atoms with Gasteiger partial charge in [-0.15, -0.1) is 0 Å². The van der Waals surface area contributed by atoms with Crippen LogP contribution in [0.3, 0.4) is 0 Å². The number of rotatable bonds is 9. The highest BCUT2D eigenvalue weighted by Crippen LogP contribution is 2.22. The number of methoxy groups -OCH3 is 1. The van der Waals surface area contributed by atoms with Crippen LogP contribution in [-0.4, -0.2) is 44.5 Å². The van der Waals surface area contributed by atoms with Gasteiger partial charge in [-0.05, 0) is 55.0 Å². The smallest absolute Gasteiger partial charge is 0.302 e. The average Bonchev–Trinajstić information content (AvgIpc) is 2.74. The van der Waals surface area contributed by atoms with Crippen LogP contribution >= 0.6 is 0 Å². The summed E-state index contributed by atoms with van der Waals surface area (Å²) in [7, 11) is -1.94. The van der Waals surface area contributed by atoms with E-state index in [2.05, 4.69) is 9.71 Å². The molecule has 1 N–H and O–H groups in total. The Morgan fingerprint density at radius 1 is 1.17 bits per heavy atom. The molecule has 1 saturated heterocycles. The minimum atomic E-state index is -3.59. The lowest BCUT2D eigenvalue weighted by atomic mass is 9.99. The second-order valence-corrected chi connectivity index (χ2v) is 8.85. The maximum atomic E-state index is 12.7. The van der Waals surface area contributed by atoms with Gasteiger partial charge in [-0.1, -0.05) is 25.1 Å². The van der Waals surface area contributed by atoms with Gasteiger partial charge in [0.05, 0.1) is 13.7 Å². The van der Waals surface area contributed by atoms with E-state index in [4.69, 9.17) is 9.47 Å². The lowest BCUT2D eigenvalue weighted by Gasteiger charge is -2.31. The second kappa shape index (κ2) is 10.0. The molecule has 158 valence electrons. The molecule has 0 spiro atoms. The summed E-state index contributed by atoms with van der Waals surface area (Å²) in [5.41, 5.74) is 1.92. The number of piperidine rings is 1. The summed E-state index contributed by atoms with van der Waals surface area (Å²) in [6, 6.07) is 13.2. The number of nitrogens with zero attached hydrogens (tertiary/aromatic N) is 2. The number of hydrogen-bond donors (Lipinski definition) is 1. The summed E-state index contributed by atoms with van der Waals surface area (Å²) < 4.78 is 40.5. The summed E-state index contributed by atoms with van der Waals surface area (Å²) in [5, 5.41) is 0. The van der Waals surface area contributed by atoms with Gasteiger partial charge in [0.15, 0.2) is 0 Å². The summed E-state index contributed by atoms with van der Waals surface area (Å²) in [5.74, 6) is 1.54. The highest BCUT2D eigenvalue weighted by molar-refractivity contribution is 7.90. The van der Waals surface area contributed by atoms with E-state index in [0.29, 0.717) is 38.0 Å². The summed E-state index contributed by atoms with van der Waals surface area (Å²) >= 11 is 0. The number of nitrogens with one attached hydrogen (secondary N) is 1. The first-order valence-corrected chi connectivity index (χ1v) is 11.4. The van der Waals surface area contributed by atoms with Gasteiger partial charge < -0.3 is 9.47 Å². The van der Waals surface area contributed by atoms with Crippen LogP contribution in [0.1, 0.15) is 31.0 Å². The highest BCUT2D eigenvalue weighted by atomic mass is 32.2. The first-order valence-electron chi connectivity index (χ1n) is 9.94. The Balaban J connectivity index is 1.45. The van der Waals surface area contributed by atoms with Crippen molar-refractivity contribution in [1.82, 2.24) is 9.29 Å². The maximum Gasteiger partial charge on any atom is 0.302 e. The van der Waals surface area contributed by atoms with Crippen LogP contribution in [0, 0.1) is 5.92 Å². The molecule has 0 aliphatic carbocycles. The molecule has 2 heterocycles. The Hall–Kier alpha value is -2.16. The maximum absolute atomic E-state index is 12.7. The highest BCUT2D eigenvalue weighted by Gasteiger charge is 2.28. The van der Waals surface area contributed by atoms with Crippen LogP contribution in [0.5, 0.6) is 5.75 Å². The third kappa shape index (κ3) is 6.16. The Kier molecular flexibility index (Phi) is 7.46. The predicted octanol–water partition coefficient (Wildman–Crippen LogP) is 3.24. The predicted molar refractivity (Wildman–Crippen MR) is 113 cm³/mol. The van der Waals surface area contributed by atoms with Crippen LogP contribution in [0.4, 0.5) is 5.82 Å². The van der Waals surface area contributed by atoms with E-state index in [1.807, 2.05) is 43.3 Å². The van der Waals surface area contributed by atoms with Crippen molar-refractivity contribution in [2.45, 2.75) is 32.8 Å². The van der Waals surface area contributed by atoms with Crippen molar-refractivity contribution in [2.24, 2.45) is 5.92 Å². The lowest BCUT2D eigenvalue weighted by Crippen LogP contribution is -2.42. The molecule has 0 bridgehead atoms. The molecule has 0 radical (unpaired) electrons. The van der Waals surface area contributed by atoms with Crippen molar-refractivity contribution in [3.05, 3.63) is 53.7 Å². The molecule has 0 saturated carbocycles. The second-order valence-electron chi connectivity index (χ2n) is 7.18. The van der Waals surface area contributed by atoms with Gasteiger partial charge in [0.2, 0.25) is 0 Å². The van der Waals surface area contributed by atoms with Gasteiger partial charge in [-0.25, -0.2) is 4.98 Å². The number of hydrogen-bond acceptors (Lipinski definition) is 5. The molecule has 1 aromatic heterocycles. The quantitative estimate of drug-likeness (QED) is 0.675. The molecule has 29 heavy (non-hydrogen) atoms. The lowest BCUT2D eigenvalue weighted by molar-refractivity contribution is 0.0687. The molecule has 7 nitrogen and oxygen atoms in total. The Bertz CT molecular complexity index is 896. The normalized spacial score (nSPS) is 15.9. The summed E-state index contributed by atoms with van der Waals surface area (Å²) in [4.78, 5) is 4.32. The monoisotopic (exact) mass is 419 g/mol. The van der Waals surface area contributed by atoms with Gasteiger partial charge in [-0.3, -0.25) is 4.72 Å². The van der Waals surface area contributed by atoms with Crippen LogP contribution in [0.15, 0.2) is 42.5 Å². The van der Waals surface area contributed by atoms with Crippen molar-refractivity contribution in [3.8, 4) is 5.75 Å². The van der Waals surface area contributed by atoms with Crippen molar-refractivity contribution in [3.63, 3.8) is 0 Å². The van der Waals surface area contributed by atoms with Gasteiger partial charge in [0, 0.05) is 25.4 Å². The Morgan fingerprint density at radius 3 is 2.66 bits per heavy atom. The number of benzene rings is 1. The molecule has 0 unspecified atom stereocenters. The first-order chi connectivity index (χ1) is 14.0. The first kappa shape index (κ1) is 21.5. The van der Waals surface area contributed by atoms with Gasteiger partial charge >= 0.3 is 10.2 Å². The van der Waals surface area contributed by atoms with Crippen molar-refractivity contribution in [2.75, 3.05) is 31.5 Å². The standard InChI is InChI=1S/C21H29N3O4S/c1-3-19-7-5-9-21(22-19)23-29(25,26)24-12-10-17(11-13-24)15-28-16-18-6-4-8-20(14-18)27-2/h4-9,14,17H,3,10-13,15-16H2,1-2H3,(H,22,23). The van der Waals surface area contributed by atoms with E-state index in [-0.39, 0.29) is 0 Å². The Morgan fingerprint density at radius 2 is 1.93 bits per heavy atom. The summed E-state index contributed by atoms with van der Waals surface area (Å²) in [6.07, 6.45) is 2.32. The van der Waals surface area contributed by atoms with Crippen LogP contribution < -0.4 is 9.46 Å². The molecule has 8 heteroatoms. The fraction of sp³-hybridized carbons (Fsp3) is 0.476. The number of aryl methyl sites for hydroxylation is 1. The zero-order chi connectivity index (χ0) is 20.7. The van der Waals surface area contributed by atoms with E-state index in [1.54, 1.807) is 13.2 Å². The molecule has 1 aliphatic rings. The zero-order valence-electron chi connectivity index (χ0n) is 17.0. The number of pyridine rings is 1. The van der Waals surface area contributed by atoms with E-state index in [9.17, 15) is 8.42 Å². The van der Waals surface area contributed by atoms with E-state index < -0.39 is 10.2 Å². The molecule has 0 atom stereocenters. The number of ether oxygens (including phenoxy) is 2. The van der Waals surface area contributed by atoms with Gasteiger partial charge in [-0.2, -0.15) is 12.7 Å². The zero-order valence-corrected chi connectivity index (χ0v) is 17.8. The molecular weight excluding hydrogens is 390 g/mol. The molecule has 3 rings (SSSR count). The van der Waals surface area contributed by atoms with Crippen LogP contribution in [0.25, 0.3) is 0 Å². The van der Waals surface area contributed by atoms with E-state index in [1.165, 1.54) is 4.31 Å². The minimum absolute atomic E-state index is 0.355. The van der Waals surface area contributed by atoms with E-state index >= 15 is 0 Å². The molecule has 2 aromatic rings. The number of aromatic nitrogens is 1. The van der Waals surface area contributed by atoms with Gasteiger partial charge in [0.25, 0.3) is 0 Å². The molecule has 0 amide bonds. The number of anilines is 1. The van der Waals surface area contributed by atoms with Crippen molar-refractivity contribution in [1.29, 1.82) is 0 Å². The van der Waals surface area contributed by atoms with Crippen molar-refractivity contribution < 1.29 is 17.9 Å². The summed E-state index contributed by atoms with van der Waals surface area (Å²) in [6.45, 7) is 4.10. The van der Waals surface area contributed by atoms with Crippen LogP contribution in [-0.2, 0) is 28.0 Å². The van der Waals surface area contributed by atoms with Crippen LogP contribution in [0.2, 0.25) is 0 Å².